The van der Waals surface area contributed by atoms with E-state index in [9.17, 15) is 4.79 Å². The van der Waals surface area contributed by atoms with E-state index in [0.29, 0.717) is 24.2 Å². The first-order chi connectivity index (χ1) is 9.63. The minimum atomic E-state index is -1.34. The normalized spacial score (nSPS) is 27.5. The largest absolute Gasteiger partial charge is 0.483 e. The van der Waals surface area contributed by atoms with Crippen molar-refractivity contribution in [2.75, 3.05) is 0 Å². The van der Waals surface area contributed by atoms with Crippen molar-refractivity contribution in [2.45, 2.75) is 41.9 Å². The molecule has 1 aliphatic heterocycles. The number of Topliss-reactive ketones (excluding diaryl/α,β-unsaturated/α-hetero) is 1. The van der Waals surface area contributed by atoms with E-state index in [1.807, 2.05) is 11.5 Å². The Kier molecular flexibility index (Phi) is 3.43. The van der Waals surface area contributed by atoms with Gasteiger partial charge in [-0.2, -0.15) is 5.26 Å². The fourth-order valence-electron chi connectivity index (χ4n) is 3.15. The molecule has 2 aliphatic rings. The summed E-state index contributed by atoms with van der Waals surface area (Å²) in [6.45, 7) is 0. The number of alkyl halides is 1. The van der Waals surface area contributed by atoms with Gasteiger partial charge in [-0.15, -0.1) is 0 Å². The van der Waals surface area contributed by atoms with Gasteiger partial charge in [0.2, 0.25) is 9.99 Å². The third-order valence-electron chi connectivity index (χ3n) is 4.16. The monoisotopic (exact) mass is 307 g/mol. The standard InChI is InChI=1S/C15H14ClNO2S/c16-15(20-10-17)13(18)11-6-2-3-7-12(11)19-14(15)8-4-1-5-9-14/h2-3,6-7H,1,4-5,8-9H2. The van der Waals surface area contributed by atoms with Crippen LogP contribution in [0.5, 0.6) is 5.75 Å². The second-order valence-corrected chi connectivity index (χ2v) is 7.06. The minimum absolute atomic E-state index is 0.200. The molecule has 1 aromatic carbocycles. The van der Waals surface area contributed by atoms with Crippen molar-refractivity contribution in [2.24, 2.45) is 0 Å². The molecule has 5 heteroatoms. The zero-order chi connectivity index (χ0) is 14.2. The highest BCUT2D eigenvalue weighted by molar-refractivity contribution is 8.07. The summed E-state index contributed by atoms with van der Waals surface area (Å²) < 4.78 is 4.84. The van der Waals surface area contributed by atoms with Gasteiger partial charge in [-0.3, -0.25) is 4.79 Å². The Hall–Kier alpha value is -1.18. The van der Waals surface area contributed by atoms with Gasteiger partial charge in [0.05, 0.1) is 5.56 Å². The Morgan fingerprint density at radius 2 is 1.95 bits per heavy atom. The van der Waals surface area contributed by atoms with Crippen LogP contribution in [0.15, 0.2) is 24.3 Å². The molecule has 1 fully saturated rings. The van der Waals surface area contributed by atoms with Gasteiger partial charge >= 0.3 is 0 Å². The maximum absolute atomic E-state index is 12.8. The lowest BCUT2D eigenvalue weighted by Gasteiger charge is -2.49. The van der Waals surface area contributed by atoms with E-state index < -0.39 is 9.81 Å². The molecule has 1 aromatic rings. The Balaban J connectivity index is 2.14. The first-order valence-corrected chi connectivity index (χ1v) is 7.91. The first-order valence-electron chi connectivity index (χ1n) is 6.72. The zero-order valence-corrected chi connectivity index (χ0v) is 12.5. The second-order valence-electron chi connectivity index (χ2n) is 5.27. The molecule has 20 heavy (non-hydrogen) atoms. The molecule has 0 bridgehead atoms. The van der Waals surface area contributed by atoms with Crippen LogP contribution in [0.25, 0.3) is 0 Å². The summed E-state index contributed by atoms with van der Waals surface area (Å²) in [5, 5.41) is 11.1. The number of nitrogens with zero attached hydrogens (tertiary/aromatic N) is 1. The zero-order valence-electron chi connectivity index (χ0n) is 10.9. The lowest BCUT2D eigenvalue weighted by Crippen LogP contribution is -2.60. The molecule has 0 aromatic heterocycles. The Labute approximate surface area is 127 Å². The molecule has 1 unspecified atom stereocenters. The number of ketones is 1. The highest BCUT2D eigenvalue weighted by Gasteiger charge is 2.61. The molecule has 104 valence electrons. The molecule has 1 aliphatic carbocycles. The van der Waals surface area contributed by atoms with Gasteiger partial charge in [0.1, 0.15) is 16.8 Å². The van der Waals surface area contributed by atoms with Crippen molar-refractivity contribution >= 4 is 29.1 Å². The van der Waals surface area contributed by atoms with Crippen molar-refractivity contribution in [1.82, 2.24) is 0 Å². The molecule has 0 radical (unpaired) electrons. The lowest BCUT2D eigenvalue weighted by molar-refractivity contribution is 0.00875. The average Bonchev–Trinajstić information content (AvgIpc) is 2.47. The van der Waals surface area contributed by atoms with E-state index in [1.165, 1.54) is 0 Å². The van der Waals surface area contributed by atoms with E-state index in [0.717, 1.165) is 31.0 Å². The Bertz CT molecular complexity index is 592. The van der Waals surface area contributed by atoms with Crippen molar-refractivity contribution in [3.8, 4) is 11.2 Å². The fraction of sp³-hybridized carbons (Fsp3) is 0.467. The summed E-state index contributed by atoms with van der Waals surface area (Å²) in [6, 6.07) is 7.15. The number of hydrogen-bond donors (Lipinski definition) is 0. The number of hydrogen-bond acceptors (Lipinski definition) is 4. The number of thiocyanates is 1. The maximum Gasteiger partial charge on any atom is 0.205 e. The third kappa shape index (κ3) is 1.84. The number of fused-ring (bicyclic) bond motifs is 1. The SMILES string of the molecule is N#CSC1(Cl)C(=O)c2ccccc2OC12CCCCC2. The predicted molar refractivity (Wildman–Crippen MR) is 79.0 cm³/mol. The van der Waals surface area contributed by atoms with Crippen LogP contribution < -0.4 is 4.74 Å². The number of benzene rings is 1. The van der Waals surface area contributed by atoms with Crippen LogP contribution in [0.1, 0.15) is 42.5 Å². The highest BCUT2D eigenvalue weighted by Crippen LogP contribution is 2.55. The molecule has 1 heterocycles. The maximum atomic E-state index is 12.8. The molecule has 0 amide bonds. The van der Waals surface area contributed by atoms with E-state index in [2.05, 4.69) is 0 Å². The van der Waals surface area contributed by atoms with Crippen LogP contribution in [-0.4, -0.2) is 15.6 Å². The quantitative estimate of drug-likeness (QED) is 0.578. The van der Waals surface area contributed by atoms with Crippen molar-refractivity contribution in [1.29, 1.82) is 5.26 Å². The predicted octanol–water partition coefficient (Wildman–Crippen LogP) is 4.11. The molecular formula is C15H14ClNO2S. The number of halogens is 1. The van der Waals surface area contributed by atoms with E-state index in [4.69, 9.17) is 21.6 Å². The highest BCUT2D eigenvalue weighted by atomic mass is 35.5. The summed E-state index contributed by atoms with van der Waals surface area (Å²) in [4.78, 5) is 12.8. The summed E-state index contributed by atoms with van der Waals surface area (Å²) in [6.07, 6.45) is 4.48. The number of rotatable bonds is 1. The van der Waals surface area contributed by atoms with Gasteiger partial charge in [0.25, 0.3) is 0 Å². The van der Waals surface area contributed by atoms with Crippen LogP contribution >= 0.6 is 23.4 Å². The summed E-state index contributed by atoms with van der Waals surface area (Å²) in [5.41, 5.74) is -0.292. The number of para-hydroxylation sites is 1. The van der Waals surface area contributed by atoms with Gasteiger partial charge in [0.15, 0.2) is 0 Å². The van der Waals surface area contributed by atoms with Gasteiger partial charge in [-0.05, 0) is 49.6 Å². The number of thioether (sulfide) groups is 1. The molecule has 0 saturated heterocycles. The van der Waals surface area contributed by atoms with E-state index in [1.54, 1.807) is 18.2 Å². The number of nitriles is 1. The second kappa shape index (κ2) is 4.98. The first kappa shape index (κ1) is 13.8. The summed E-state index contributed by atoms with van der Waals surface area (Å²) in [7, 11) is 0. The number of carbonyl (C=O) groups is 1. The van der Waals surface area contributed by atoms with Crippen LogP contribution in [0.3, 0.4) is 0 Å². The minimum Gasteiger partial charge on any atom is -0.483 e. The van der Waals surface area contributed by atoms with Crippen LogP contribution in [0.2, 0.25) is 0 Å². The summed E-state index contributed by atoms with van der Waals surface area (Å²) in [5.74, 6) is 0.392. The third-order valence-corrected chi connectivity index (χ3v) is 5.84. The van der Waals surface area contributed by atoms with Gasteiger partial charge in [-0.1, -0.05) is 30.2 Å². The molecule has 0 N–H and O–H groups in total. The smallest absolute Gasteiger partial charge is 0.205 e. The Morgan fingerprint density at radius 1 is 1.25 bits per heavy atom. The van der Waals surface area contributed by atoms with Gasteiger partial charge in [-0.25, -0.2) is 0 Å². The Morgan fingerprint density at radius 3 is 2.65 bits per heavy atom. The molecular weight excluding hydrogens is 294 g/mol. The van der Waals surface area contributed by atoms with E-state index in [-0.39, 0.29) is 5.78 Å². The number of carbonyl (C=O) groups excluding carboxylic acids is 1. The molecule has 3 nitrogen and oxygen atoms in total. The molecule has 1 atom stereocenters. The van der Waals surface area contributed by atoms with Gasteiger partial charge in [0, 0.05) is 0 Å². The van der Waals surface area contributed by atoms with Crippen molar-refractivity contribution < 1.29 is 9.53 Å². The fourth-order valence-corrected chi connectivity index (χ4v) is 4.34. The van der Waals surface area contributed by atoms with Crippen molar-refractivity contribution in [3.05, 3.63) is 29.8 Å². The molecule has 1 spiro atoms. The molecule has 1 saturated carbocycles. The number of ether oxygens (including phenoxy) is 1. The van der Waals surface area contributed by atoms with Crippen molar-refractivity contribution in [3.63, 3.8) is 0 Å². The van der Waals surface area contributed by atoms with Crippen LogP contribution in [0.4, 0.5) is 0 Å². The van der Waals surface area contributed by atoms with E-state index >= 15 is 0 Å². The average molecular weight is 308 g/mol. The van der Waals surface area contributed by atoms with Crippen LogP contribution in [-0.2, 0) is 0 Å². The topological polar surface area (TPSA) is 50.1 Å². The molecule has 3 rings (SSSR count). The van der Waals surface area contributed by atoms with Gasteiger partial charge < -0.3 is 4.74 Å². The lowest BCUT2D eigenvalue weighted by atomic mass is 9.77. The van der Waals surface area contributed by atoms with Crippen LogP contribution in [0, 0.1) is 10.7 Å². The summed E-state index contributed by atoms with van der Waals surface area (Å²) >= 11 is 7.48.